The summed E-state index contributed by atoms with van der Waals surface area (Å²) in [5.41, 5.74) is 8.05. The standard InChI is InChI=1S/C34H30ClN5O4S/c1-3-43-31-18-23(6-17-30(31)44-20-32(41)37-27-13-4-22(2)5-14-27)19-36-40-33(42)25-9-7-24(8-10-25)29-21-45-34(39-29)38-28-15-11-26(35)12-16-28/h4-19,21H,3,20H2,1-2H3,(H,37,41)(H,38,39)(H,40,42)/b36-19-. The molecule has 3 N–H and O–H groups in total. The molecule has 45 heavy (non-hydrogen) atoms. The summed E-state index contributed by atoms with van der Waals surface area (Å²) in [5.74, 6) is 0.237. The number of anilines is 3. The van der Waals surface area contributed by atoms with Crippen LogP contribution in [0.2, 0.25) is 5.02 Å². The average Bonchev–Trinajstić information content (AvgIpc) is 3.51. The summed E-state index contributed by atoms with van der Waals surface area (Å²) in [6.45, 7) is 4.06. The van der Waals surface area contributed by atoms with E-state index in [1.165, 1.54) is 17.6 Å². The molecule has 0 unspecified atom stereocenters. The third kappa shape index (κ3) is 8.91. The molecule has 2 amide bonds. The lowest BCUT2D eigenvalue weighted by molar-refractivity contribution is -0.118. The highest BCUT2D eigenvalue weighted by molar-refractivity contribution is 7.14. The van der Waals surface area contributed by atoms with Gasteiger partial charge in [0.25, 0.3) is 11.8 Å². The summed E-state index contributed by atoms with van der Waals surface area (Å²) >= 11 is 7.44. The van der Waals surface area contributed by atoms with E-state index in [0.717, 1.165) is 27.6 Å². The Morgan fingerprint density at radius 1 is 0.911 bits per heavy atom. The lowest BCUT2D eigenvalue weighted by Gasteiger charge is -2.12. The van der Waals surface area contributed by atoms with Crippen molar-refractivity contribution in [2.45, 2.75) is 13.8 Å². The van der Waals surface area contributed by atoms with Gasteiger partial charge in [0.1, 0.15) is 0 Å². The third-order valence-electron chi connectivity index (χ3n) is 6.38. The number of carbonyl (C=O) groups excluding carboxylic acids is 2. The number of aromatic nitrogens is 1. The zero-order chi connectivity index (χ0) is 31.6. The molecule has 0 aliphatic heterocycles. The van der Waals surface area contributed by atoms with E-state index in [0.29, 0.717) is 39.9 Å². The number of thiazole rings is 1. The summed E-state index contributed by atoms with van der Waals surface area (Å²) in [4.78, 5) is 29.7. The molecule has 0 bridgehead atoms. The summed E-state index contributed by atoms with van der Waals surface area (Å²) in [5, 5.41) is 13.5. The molecule has 228 valence electrons. The Balaban J connectivity index is 1.14. The first kappa shape index (κ1) is 31.2. The fraction of sp³-hybridized carbons (Fsp3) is 0.118. The fourth-order valence-electron chi connectivity index (χ4n) is 4.11. The van der Waals surface area contributed by atoms with Gasteiger partial charge in [0, 0.05) is 32.9 Å². The highest BCUT2D eigenvalue weighted by Crippen LogP contribution is 2.29. The van der Waals surface area contributed by atoms with E-state index >= 15 is 0 Å². The van der Waals surface area contributed by atoms with E-state index in [2.05, 4.69) is 26.1 Å². The van der Waals surface area contributed by atoms with Crippen LogP contribution in [-0.2, 0) is 4.79 Å². The van der Waals surface area contributed by atoms with E-state index in [4.69, 9.17) is 21.1 Å². The number of rotatable bonds is 12. The summed E-state index contributed by atoms with van der Waals surface area (Å²) in [7, 11) is 0. The second-order valence-corrected chi connectivity index (χ2v) is 11.1. The van der Waals surface area contributed by atoms with Crippen LogP contribution in [0.3, 0.4) is 0 Å². The van der Waals surface area contributed by atoms with Gasteiger partial charge in [-0.2, -0.15) is 5.10 Å². The van der Waals surface area contributed by atoms with Crippen LogP contribution in [-0.4, -0.2) is 36.2 Å². The van der Waals surface area contributed by atoms with Gasteiger partial charge in [-0.05, 0) is 86.1 Å². The number of hydrazone groups is 1. The molecule has 0 fully saturated rings. The van der Waals surface area contributed by atoms with Gasteiger partial charge in [0.2, 0.25) is 0 Å². The Kier molecular flexibility index (Phi) is 10.4. The smallest absolute Gasteiger partial charge is 0.271 e. The number of amides is 2. The molecule has 0 radical (unpaired) electrons. The number of hydrogen-bond donors (Lipinski definition) is 3. The average molecular weight is 640 g/mol. The second-order valence-electron chi connectivity index (χ2n) is 9.79. The fourth-order valence-corrected chi connectivity index (χ4v) is 4.98. The highest BCUT2D eigenvalue weighted by Gasteiger charge is 2.11. The van der Waals surface area contributed by atoms with Crippen molar-refractivity contribution < 1.29 is 19.1 Å². The van der Waals surface area contributed by atoms with Gasteiger partial charge in [0.15, 0.2) is 23.2 Å². The Bertz CT molecular complexity index is 1790. The molecule has 0 aliphatic rings. The van der Waals surface area contributed by atoms with Crippen LogP contribution in [0.1, 0.15) is 28.4 Å². The first-order valence-electron chi connectivity index (χ1n) is 14.0. The number of halogens is 1. The van der Waals surface area contributed by atoms with Crippen LogP contribution in [0.4, 0.5) is 16.5 Å². The number of aryl methyl sites for hydroxylation is 1. The van der Waals surface area contributed by atoms with Crippen molar-refractivity contribution in [2.24, 2.45) is 5.10 Å². The molecule has 1 aromatic heterocycles. The van der Waals surface area contributed by atoms with Crippen molar-refractivity contribution in [3.63, 3.8) is 0 Å². The van der Waals surface area contributed by atoms with Crippen molar-refractivity contribution in [3.05, 3.63) is 118 Å². The predicted molar refractivity (Wildman–Crippen MR) is 180 cm³/mol. The Labute approximate surface area is 269 Å². The van der Waals surface area contributed by atoms with Crippen molar-refractivity contribution in [1.82, 2.24) is 10.4 Å². The van der Waals surface area contributed by atoms with E-state index in [1.807, 2.05) is 79.9 Å². The molecule has 0 atom stereocenters. The van der Waals surface area contributed by atoms with E-state index < -0.39 is 0 Å². The molecule has 5 rings (SSSR count). The number of carbonyl (C=O) groups is 2. The minimum Gasteiger partial charge on any atom is -0.490 e. The van der Waals surface area contributed by atoms with Crippen LogP contribution in [0.5, 0.6) is 11.5 Å². The van der Waals surface area contributed by atoms with Crippen LogP contribution in [0.25, 0.3) is 11.3 Å². The summed E-state index contributed by atoms with van der Waals surface area (Å²) in [6, 6.07) is 27.2. The highest BCUT2D eigenvalue weighted by atomic mass is 35.5. The molecule has 1 heterocycles. The number of nitrogens with zero attached hydrogens (tertiary/aromatic N) is 2. The maximum absolute atomic E-state index is 12.7. The lowest BCUT2D eigenvalue weighted by Crippen LogP contribution is -2.20. The van der Waals surface area contributed by atoms with Crippen LogP contribution < -0.4 is 25.5 Å². The molecule has 4 aromatic carbocycles. The van der Waals surface area contributed by atoms with Gasteiger partial charge < -0.3 is 20.1 Å². The van der Waals surface area contributed by atoms with E-state index in [1.54, 1.807) is 30.3 Å². The topological polar surface area (TPSA) is 114 Å². The van der Waals surface area contributed by atoms with Crippen LogP contribution in [0.15, 0.2) is 101 Å². The quantitative estimate of drug-likeness (QED) is 0.0952. The molecule has 0 saturated heterocycles. The van der Waals surface area contributed by atoms with Gasteiger partial charge in [0.05, 0.1) is 18.5 Å². The second kappa shape index (κ2) is 15.0. The van der Waals surface area contributed by atoms with Crippen molar-refractivity contribution in [3.8, 4) is 22.8 Å². The summed E-state index contributed by atoms with van der Waals surface area (Å²) in [6.07, 6.45) is 1.51. The summed E-state index contributed by atoms with van der Waals surface area (Å²) < 4.78 is 11.4. The van der Waals surface area contributed by atoms with Crippen LogP contribution >= 0.6 is 22.9 Å². The van der Waals surface area contributed by atoms with Crippen molar-refractivity contribution in [1.29, 1.82) is 0 Å². The first-order valence-corrected chi connectivity index (χ1v) is 15.3. The molecule has 0 aliphatic carbocycles. The predicted octanol–water partition coefficient (Wildman–Crippen LogP) is 7.70. The molecule has 9 nitrogen and oxygen atoms in total. The monoisotopic (exact) mass is 639 g/mol. The minimum atomic E-state index is -0.356. The number of ether oxygens (including phenoxy) is 2. The Morgan fingerprint density at radius 2 is 1.64 bits per heavy atom. The Morgan fingerprint density at radius 3 is 2.38 bits per heavy atom. The first-order chi connectivity index (χ1) is 21.9. The van der Waals surface area contributed by atoms with Gasteiger partial charge in [-0.1, -0.05) is 41.4 Å². The molecular formula is C34H30ClN5O4S. The van der Waals surface area contributed by atoms with Crippen LogP contribution in [0, 0.1) is 6.92 Å². The number of hydrogen-bond acceptors (Lipinski definition) is 8. The van der Waals surface area contributed by atoms with Crippen molar-refractivity contribution in [2.75, 3.05) is 23.8 Å². The SMILES string of the molecule is CCOc1cc(/C=N\NC(=O)c2ccc(-c3csc(Nc4ccc(Cl)cc4)n3)cc2)ccc1OCC(=O)Nc1ccc(C)cc1. The Hall–Kier alpha value is -5.19. The minimum absolute atomic E-state index is 0.180. The maximum atomic E-state index is 12.7. The molecule has 11 heteroatoms. The van der Waals surface area contributed by atoms with Gasteiger partial charge in [-0.25, -0.2) is 10.4 Å². The largest absolute Gasteiger partial charge is 0.490 e. The van der Waals surface area contributed by atoms with Crippen molar-refractivity contribution >= 4 is 57.5 Å². The number of benzene rings is 4. The molecular weight excluding hydrogens is 610 g/mol. The molecule has 0 spiro atoms. The van der Waals surface area contributed by atoms with Gasteiger partial charge in [-0.15, -0.1) is 11.3 Å². The molecule has 5 aromatic rings. The van der Waals surface area contributed by atoms with E-state index in [9.17, 15) is 9.59 Å². The molecule has 0 saturated carbocycles. The normalized spacial score (nSPS) is 10.8. The zero-order valence-electron chi connectivity index (χ0n) is 24.5. The van der Waals surface area contributed by atoms with Gasteiger partial charge in [-0.3, -0.25) is 9.59 Å². The lowest BCUT2D eigenvalue weighted by atomic mass is 10.1. The maximum Gasteiger partial charge on any atom is 0.271 e. The third-order valence-corrected chi connectivity index (χ3v) is 7.39. The zero-order valence-corrected chi connectivity index (χ0v) is 26.1. The van der Waals surface area contributed by atoms with E-state index in [-0.39, 0.29) is 18.4 Å². The number of nitrogens with one attached hydrogen (secondary N) is 3. The van der Waals surface area contributed by atoms with Gasteiger partial charge >= 0.3 is 0 Å².